The van der Waals surface area contributed by atoms with E-state index in [-0.39, 0.29) is 0 Å². The monoisotopic (exact) mass is 482 g/mol. The van der Waals surface area contributed by atoms with Gasteiger partial charge < -0.3 is 4.74 Å². The molecule has 0 spiro atoms. The highest BCUT2D eigenvalue weighted by Gasteiger charge is 2.14. The van der Waals surface area contributed by atoms with Gasteiger partial charge in [-0.05, 0) is 30.2 Å². The maximum atomic E-state index is 6.31. The molecule has 0 bridgehead atoms. The van der Waals surface area contributed by atoms with Crippen LogP contribution in [-0.4, -0.2) is 19.7 Å². The summed E-state index contributed by atoms with van der Waals surface area (Å²) >= 11 is 9.50. The van der Waals surface area contributed by atoms with Crippen molar-refractivity contribution in [1.82, 2.24) is 19.7 Å². The van der Waals surface area contributed by atoms with E-state index < -0.39 is 0 Å². The standard InChI is InChI=1S/C24H23ClN4OS2/c1-3-13-29-22(14-30-19-11-9-17(4-2)10-12-19)27-28-24(29)32-16-18-15-31-23(26-18)20-7-5-6-8-21(20)25/h3,5-12,15H,1,4,13-14,16H2,2H3. The van der Waals surface area contributed by atoms with E-state index >= 15 is 0 Å². The van der Waals surface area contributed by atoms with Gasteiger partial charge in [0.2, 0.25) is 0 Å². The predicted molar refractivity (Wildman–Crippen MR) is 132 cm³/mol. The fourth-order valence-corrected chi connectivity index (χ4v) is 5.19. The van der Waals surface area contributed by atoms with Crippen LogP contribution in [0.3, 0.4) is 0 Å². The number of thiazole rings is 1. The van der Waals surface area contributed by atoms with Gasteiger partial charge in [-0.2, -0.15) is 0 Å². The van der Waals surface area contributed by atoms with E-state index in [2.05, 4.69) is 41.2 Å². The summed E-state index contributed by atoms with van der Waals surface area (Å²) in [4.78, 5) is 4.74. The quantitative estimate of drug-likeness (QED) is 0.186. The molecule has 0 atom stereocenters. The molecule has 0 aliphatic rings. The summed E-state index contributed by atoms with van der Waals surface area (Å²) in [5.74, 6) is 2.27. The van der Waals surface area contributed by atoms with Gasteiger partial charge in [0.25, 0.3) is 0 Å². The first-order valence-corrected chi connectivity index (χ1v) is 12.5. The number of aromatic nitrogens is 4. The molecule has 0 aliphatic heterocycles. The number of hydrogen-bond acceptors (Lipinski definition) is 6. The number of allylic oxidation sites excluding steroid dienone is 1. The summed E-state index contributed by atoms with van der Waals surface area (Å²) in [5, 5.41) is 13.2. The van der Waals surface area contributed by atoms with Crippen molar-refractivity contribution < 1.29 is 4.74 Å². The fraction of sp³-hybridized carbons (Fsp3) is 0.208. The van der Waals surface area contributed by atoms with Gasteiger partial charge in [-0.1, -0.05) is 66.7 Å². The van der Waals surface area contributed by atoms with Crippen LogP contribution in [0.15, 0.2) is 71.7 Å². The lowest BCUT2D eigenvalue weighted by atomic mass is 10.2. The first kappa shape index (κ1) is 22.6. The summed E-state index contributed by atoms with van der Waals surface area (Å²) in [6, 6.07) is 15.9. The van der Waals surface area contributed by atoms with Crippen LogP contribution < -0.4 is 4.74 Å². The number of ether oxygens (including phenoxy) is 1. The maximum absolute atomic E-state index is 6.31. The third kappa shape index (κ3) is 5.41. The molecule has 0 fully saturated rings. The lowest BCUT2D eigenvalue weighted by molar-refractivity contribution is 0.289. The summed E-state index contributed by atoms with van der Waals surface area (Å²) in [6.07, 6.45) is 2.85. The van der Waals surface area contributed by atoms with Crippen molar-refractivity contribution in [3.05, 3.63) is 88.7 Å². The minimum absolute atomic E-state index is 0.347. The van der Waals surface area contributed by atoms with Crippen LogP contribution in [0, 0.1) is 0 Å². The SMILES string of the molecule is C=CCn1c(COc2ccc(CC)cc2)nnc1SCc1csc(-c2ccccc2Cl)n1. The number of thioether (sulfide) groups is 1. The molecule has 32 heavy (non-hydrogen) atoms. The van der Waals surface area contributed by atoms with E-state index in [4.69, 9.17) is 21.3 Å². The minimum atomic E-state index is 0.347. The summed E-state index contributed by atoms with van der Waals surface area (Å²) in [5.41, 5.74) is 3.22. The highest BCUT2D eigenvalue weighted by atomic mass is 35.5. The van der Waals surface area contributed by atoms with Crippen LogP contribution in [0.25, 0.3) is 10.6 Å². The molecule has 0 aliphatic carbocycles. The third-order valence-corrected chi connectivity index (χ3v) is 7.06. The maximum Gasteiger partial charge on any atom is 0.191 e. The predicted octanol–water partition coefficient (Wildman–Crippen LogP) is 6.67. The Kier molecular flexibility index (Phi) is 7.63. The number of halogens is 1. The second kappa shape index (κ2) is 10.8. The molecule has 2 aromatic heterocycles. The highest BCUT2D eigenvalue weighted by Crippen LogP contribution is 2.32. The average Bonchev–Trinajstić information content (AvgIpc) is 3.44. The third-order valence-electron chi connectivity index (χ3n) is 4.81. The van der Waals surface area contributed by atoms with Crippen molar-refractivity contribution in [3.63, 3.8) is 0 Å². The average molecular weight is 483 g/mol. The molecule has 0 saturated heterocycles. The zero-order chi connectivity index (χ0) is 22.3. The molecule has 0 N–H and O–H groups in total. The Morgan fingerprint density at radius 1 is 1.16 bits per heavy atom. The lowest BCUT2D eigenvalue weighted by Crippen LogP contribution is -2.07. The number of benzene rings is 2. The van der Waals surface area contributed by atoms with Gasteiger partial charge in [0.15, 0.2) is 11.0 Å². The van der Waals surface area contributed by atoms with Gasteiger partial charge in [0.05, 0.1) is 10.7 Å². The molecule has 4 aromatic rings. The first-order valence-electron chi connectivity index (χ1n) is 10.2. The summed E-state index contributed by atoms with van der Waals surface area (Å²) in [6.45, 7) is 6.97. The normalized spacial score (nSPS) is 10.9. The van der Waals surface area contributed by atoms with Crippen LogP contribution >= 0.6 is 34.7 Å². The molecular formula is C24H23ClN4OS2. The van der Waals surface area contributed by atoms with Gasteiger partial charge in [0.1, 0.15) is 17.4 Å². The Labute approximate surface area is 201 Å². The molecule has 0 amide bonds. The highest BCUT2D eigenvalue weighted by molar-refractivity contribution is 7.98. The van der Waals surface area contributed by atoms with Crippen LogP contribution in [0.4, 0.5) is 0 Å². The van der Waals surface area contributed by atoms with E-state index in [1.54, 1.807) is 23.1 Å². The molecule has 0 unspecified atom stereocenters. The molecule has 0 saturated carbocycles. The van der Waals surface area contributed by atoms with Crippen molar-refractivity contribution in [3.8, 4) is 16.3 Å². The van der Waals surface area contributed by atoms with Crippen molar-refractivity contribution in [2.24, 2.45) is 0 Å². The van der Waals surface area contributed by atoms with Crippen LogP contribution in [0.5, 0.6) is 5.75 Å². The number of nitrogens with zero attached hydrogens (tertiary/aromatic N) is 4. The number of hydrogen-bond donors (Lipinski definition) is 0. The van der Waals surface area contributed by atoms with Crippen LogP contribution in [-0.2, 0) is 25.3 Å². The van der Waals surface area contributed by atoms with E-state index in [9.17, 15) is 0 Å². The van der Waals surface area contributed by atoms with Crippen molar-refractivity contribution >= 4 is 34.7 Å². The molecule has 0 radical (unpaired) electrons. The van der Waals surface area contributed by atoms with Gasteiger partial charge in [-0.3, -0.25) is 4.57 Å². The van der Waals surface area contributed by atoms with Gasteiger partial charge in [0, 0.05) is 23.2 Å². The zero-order valence-corrected chi connectivity index (χ0v) is 20.1. The molecule has 2 aromatic carbocycles. The Bertz CT molecular complexity index is 1190. The van der Waals surface area contributed by atoms with Crippen molar-refractivity contribution in [2.75, 3.05) is 0 Å². The van der Waals surface area contributed by atoms with Crippen molar-refractivity contribution in [1.29, 1.82) is 0 Å². The second-order valence-corrected chi connectivity index (χ2v) is 9.20. The Morgan fingerprint density at radius 3 is 2.72 bits per heavy atom. The number of rotatable bonds is 10. The van der Waals surface area contributed by atoms with Gasteiger partial charge in [-0.15, -0.1) is 28.1 Å². The fourth-order valence-electron chi connectivity index (χ4n) is 3.08. The lowest BCUT2D eigenvalue weighted by Gasteiger charge is -2.09. The Hall–Kier alpha value is -2.61. The topological polar surface area (TPSA) is 52.8 Å². The van der Waals surface area contributed by atoms with Crippen LogP contribution in [0.2, 0.25) is 5.02 Å². The van der Waals surface area contributed by atoms with Gasteiger partial charge >= 0.3 is 0 Å². The molecule has 5 nitrogen and oxygen atoms in total. The van der Waals surface area contributed by atoms with E-state index in [0.29, 0.717) is 23.9 Å². The molecule has 2 heterocycles. The molecule has 164 valence electrons. The Balaban J connectivity index is 1.42. The zero-order valence-electron chi connectivity index (χ0n) is 17.7. The van der Waals surface area contributed by atoms with E-state index in [1.165, 1.54) is 5.56 Å². The van der Waals surface area contributed by atoms with Crippen molar-refractivity contribution in [2.45, 2.75) is 37.4 Å². The second-order valence-electron chi connectivity index (χ2n) is 7.00. The van der Waals surface area contributed by atoms with E-state index in [0.717, 1.165) is 39.4 Å². The minimum Gasteiger partial charge on any atom is -0.486 e. The van der Waals surface area contributed by atoms with Crippen LogP contribution in [0.1, 0.15) is 24.0 Å². The summed E-state index contributed by atoms with van der Waals surface area (Å²) < 4.78 is 7.96. The smallest absolute Gasteiger partial charge is 0.191 e. The summed E-state index contributed by atoms with van der Waals surface area (Å²) in [7, 11) is 0. The molecule has 8 heteroatoms. The van der Waals surface area contributed by atoms with E-state index in [1.807, 2.05) is 47.0 Å². The molecule has 4 rings (SSSR count). The largest absolute Gasteiger partial charge is 0.486 e. The first-order chi connectivity index (χ1) is 15.7. The number of aryl methyl sites for hydroxylation is 1. The van der Waals surface area contributed by atoms with Gasteiger partial charge in [-0.25, -0.2) is 4.98 Å². The molecular weight excluding hydrogens is 460 g/mol. The Morgan fingerprint density at radius 2 is 1.97 bits per heavy atom.